The van der Waals surface area contributed by atoms with E-state index < -0.39 is 0 Å². The Labute approximate surface area is 133 Å². The molecular formula is C16H21BrN2O2. The molecule has 1 aromatic heterocycles. The number of ether oxygens (including phenoxy) is 1. The summed E-state index contributed by atoms with van der Waals surface area (Å²) in [6.07, 6.45) is 1.70. The predicted molar refractivity (Wildman–Crippen MR) is 86.7 cm³/mol. The Bertz CT molecular complexity index is 623. The Balaban J connectivity index is 2.35. The smallest absolute Gasteiger partial charge is 0.133 e. The zero-order chi connectivity index (χ0) is 15.4. The van der Waals surface area contributed by atoms with Gasteiger partial charge in [-0.2, -0.15) is 5.10 Å². The molecule has 5 heteroatoms. The summed E-state index contributed by atoms with van der Waals surface area (Å²) in [4.78, 5) is 0. The molecule has 0 radical (unpaired) electrons. The lowest BCUT2D eigenvalue weighted by Crippen LogP contribution is -2.07. The largest absolute Gasteiger partial charge is 0.496 e. The summed E-state index contributed by atoms with van der Waals surface area (Å²) in [7, 11) is 1.66. The average Bonchev–Trinajstić information content (AvgIpc) is 2.84. The summed E-state index contributed by atoms with van der Waals surface area (Å²) in [5.41, 5.74) is 4.22. The van der Waals surface area contributed by atoms with Crippen LogP contribution in [0.3, 0.4) is 0 Å². The number of methoxy groups -OCH3 is 1. The topological polar surface area (TPSA) is 47.3 Å². The maximum absolute atomic E-state index is 9.58. The van der Waals surface area contributed by atoms with Crippen LogP contribution in [-0.4, -0.2) is 22.0 Å². The van der Waals surface area contributed by atoms with Crippen LogP contribution in [0.25, 0.3) is 0 Å². The highest BCUT2D eigenvalue weighted by Gasteiger charge is 2.15. The molecule has 0 aliphatic carbocycles. The summed E-state index contributed by atoms with van der Waals surface area (Å²) in [5, 5.41) is 14.2. The molecule has 0 aliphatic heterocycles. The van der Waals surface area contributed by atoms with Crippen LogP contribution in [-0.2, 0) is 26.0 Å². The molecule has 2 rings (SSSR count). The third kappa shape index (κ3) is 3.30. The minimum atomic E-state index is 0.0542. The summed E-state index contributed by atoms with van der Waals surface area (Å²) in [6.45, 7) is 4.91. The van der Waals surface area contributed by atoms with Crippen LogP contribution in [0.5, 0.6) is 5.75 Å². The summed E-state index contributed by atoms with van der Waals surface area (Å²) in [6, 6.07) is 6.03. The van der Waals surface area contributed by atoms with Crippen LogP contribution < -0.4 is 4.74 Å². The molecule has 0 unspecified atom stereocenters. The molecule has 0 atom stereocenters. The molecule has 1 aromatic carbocycles. The highest BCUT2D eigenvalue weighted by molar-refractivity contribution is 9.10. The molecule has 0 saturated carbocycles. The van der Waals surface area contributed by atoms with Crippen molar-refractivity contribution < 1.29 is 9.84 Å². The van der Waals surface area contributed by atoms with Crippen LogP contribution in [0.4, 0.5) is 0 Å². The van der Waals surface area contributed by atoms with Crippen molar-refractivity contribution >= 4 is 15.9 Å². The molecule has 0 spiro atoms. The van der Waals surface area contributed by atoms with E-state index in [0.29, 0.717) is 6.54 Å². The normalized spacial score (nSPS) is 10.9. The summed E-state index contributed by atoms with van der Waals surface area (Å²) in [5.74, 6) is 0.820. The number of benzene rings is 1. The first-order valence-electron chi connectivity index (χ1n) is 7.15. The minimum Gasteiger partial charge on any atom is -0.496 e. The molecule has 0 saturated heterocycles. The van der Waals surface area contributed by atoms with E-state index in [1.807, 2.05) is 22.9 Å². The number of hydrogen-bond acceptors (Lipinski definition) is 3. The zero-order valence-corrected chi connectivity index (χ0v) is 14.3. The maximum Gasteiger partial charge on any atom is 0.133 e. The minimum absolute atomic E-state index is 0.0542. The van der Waals surface area contributed by atoms with E-state index >= 15 is 0 Å². The van der Waals surface area contributed by atoms with Gasteiger partial charge >= 0.3 is 0 Å². The van der Waals surface area contributed by atoms with Gasteiger partial charge in [0, 0.05) is 11.3 Å². The standard InChI is InChI=1S/C16H21BrN2O2/c1-4-14-12(10-20)15(5-2)19(18-14)9-11-6-7-16(21-3)13(17)8-11/h6-8,20H,4-5,9-10H2,1-3H3. The fourth-order valence-corrected chi connectivity index (χ4v) is 3.15. The highest BCUT2D eigenvalue weighted by atomic mass is 79.9. The molecule has 2 aromatic rings. The molecule has 114 valence electrons. The number of hydrogen-bond donors (Lipinski definition) is 1. The third-order valence-electron chi connectivity index (χ3n) is 3.63. The van der Waals surface area contributed by atoms with Gasteiger partial charge in [0.25, 0.3) is 0 Å². The Hall–Kier alpha value is -1.33. The van der Waals surface area contributed by atoms with E-state index in [4.69, 9.17) is 4.74 Å². The van der Waals surface area contributed by atoms with Crippen molar-refractivity contribution in [1.29, 1.82) is 0 Å². The van der Waals surface area contributed by atoms with Crippen molar-refractivity contribution in [3.63, 3.8) is 0 Å². The Morgan fingerprint density at radius 2 is 2.05 bits per heavy atom. The van der Waals surface area contributed by atoms with E-state index in [-0.39, 0.29) is 6.61 Å². The van der Waals surface area contributed by atoms with Gasteiger partial charge in [0.15, 0.2) is 0 Å². The number of aliphatic hydroxyl groups is 1. The van der Waals surface area contributed by atoms with E-state index in [9.17, 15) is 5.11 Å². The number of halogens is 1. The second kappa shape index (κ2) is 7.09. The van der Waals surface area contributed by atoms with E-state index in [0.717, 1.165) is 45.6 Å². The molecule has 1 N–H and O–H groups in total. The number of aryl methyl sites for hydroxylation is 1. The second-order valence-corrected chi connectivity index (χ2v) is 5.72. The van der Waals surface area contributed by atoms with Gasteiger partial charge in [-0.3, -0.25) is 4.68 Å². The maximum atomic E-state index is 9.58. The van der Waals surface area contributed by atoms with Gasteiger partial charge < -0.3 is 9.84 Å². The molecule has 0 bridgehead atoms. The van der Waals surface area contributed by atoms with Gasteiger partial charge in [0.05, 0.1) is 30.4 Å². The van der Waals surface area contributed by atoms with E-state index in [2.05, 4.69) is 34.9 Å². The second-order valence-electron chi connectivity index (χ2n) is 4.86. The molecular weight excluding hydrogens is 332 g/mol. The first-order valence-corrected chi connectivity index (χ1v) is 7.94. The molecule has 4 nitrogen and oxygen atoms in total. The van der Waals surface area contributed by atoms with Gasteiger partial charge in [0.1, 0.15) is 5.75 Å². The van der Waals surface area contributed by atoms with Gasteiger partial charge in [-0.15, -0.1) is 0 Å². The lowest BCUT2D eigenvalue weighted by atomic mass is 10.1. The Kier molecular flexibility index (Phi) is 5.42. The van der Waals surface area contributed by atoms with Crippen molar-refractivity contribution in [3.05, 3.63) is 45.2 Å². The Morgan fingerprint density at radius 3 is 2.57 bits per heavy atom. The highest BCUT2D eigenvalue weighted by Crippen LogP contribution is 2.26. The van der Waals surface area contributed by atoms with Gasteiger partial charge in [-0.25, -0.2) is 0 Å². The van der Waals surface area contributed by atoms with E-state index in [1.54, 1.807) is 7.11 Å². The fraction of sp³-hybridized carbons (Fsp3) is 0.438. The van der Waals surface area contributed by atoms with Crippen molar-refractivity contribution in [2.24, 2.45) is 0 Å². The quantitative estimate of drug-likeness (QED) is 0.867. The first-order chi connectivity index (χ1) is 10.1. The average molecular weight is 353 g/mol. The van der Waals surface area contributed by atoms with Gasteiger partial charge in [0.2, 0.25) is 0 Å². The van der Waals surface area contributed by atoms with Crippen LogP contribution in [0.15, 0.2) is 22.7 Å². The number of nitrogens with zero attached hydrogens (tertiary/aromatic N) is 2. The monoisotopic (exact) mass is 352 g/mol. The number of aliphatic hydroxyl groups excluding tert-OH is 1. The Morgan fingerprint density at radius 1 is 1.29 bits per heavy atom. The van der Waals surface area contributed by atoms with Crippen LogP contribution in [0, 0.1) is 0 Å². The molecule has 21 heavy (non-hydrogen) atoms. The van der Waals surface area contributed by atoms with Gasteiger partial charge in [-0.1, -0.05) is 19.9 Å². The molecule has 0 amide bonds. The van der Waals surface area contributed by atoms with Crippen molar-refractivity contribution in [1.82, 2.24) is 9.78 Å². The SMILES string of the molecule is CCc1nn(Cc2ccc(OC)c(Br)c2)c(CC)c1CO. The zero-order valence-electron chi connectivity index (χ0n) is 12.7. The summed E-state index contributed by atoms with van der Waals surface area (Å²) >= 11 is 3.51. The van der Waals surface area contributed by atoms with Crippen molar-refractivity contribution in [2.45, 2.75) is 39.8 Å². The van der Waals surface area contributed by atoms with Crippen LogP contribution >= 0.6 is 15.9 Å². The molecule has 1 heterocycles. The molecule has 0 aliphatic rings. The lowest BCUT2D eigenvalue weighted by molar-refractivity contribution is 0.279. The van der Waals surface area contributed by atoms with Crippen LogP contribution in [0.2, 0.25) is 0 Å². The van der Waals surface area contributed by atoms with Crippen molar-refractivity contribution in [2.75, 3.05) is 7.11 Å². The number of aromatic nitrogens is 2. The summed E-state index contributed by atoms with van der Waals surface area (Å²) < 4.78 is 8.19. The number of rotatable bonds is 6. The third-order valence-corrected chi connectivity index (χ3v) is 4.25. The van der Waals surface area contributed by atoms with Crippen molar-refractivity contribution in [3.8, 4) is 5.75 Å². The molecule has 0 fully saturated rings. The lowest BCUT2D eigenvalue weighted by Gasteiger charge is -2.09. The fourth-order valence-electron chi connectivity index (χ4n) is 2.56. The van der Waals surface area contributed by atoms with Crippen LogP contribution in [0.1, 0.15) is 36.4 Å². The predicted octanol–water partition coefficient (Wildman–Crippen LogP) is 3.32. The van der Waals surface area contributed by atoms with E-state index in [1.165, 1.54) is 0 Å². The van der Waals surface area contributed by atoms with Gasteiger partial charge in [-0.05, 0) is 46.5 Å². The first kappa shape index (κ1) is 16.0.